The molecule has 1 aromatic rings. The van der Waals surface area contributed by atoms with Gasteiger partial charge in [-0.15, -0.1) is 0 Å². The Hall–Kier alpha value is -1.44. The van der Waals surface area contributed by atoms with Gasteiger partial charge in [0, 0.05) is 18.2 Å². The van der Waals surface area contributed by atoms with Gasteiger partial charge in [-0.1, -0.05) is 0 Å². The van der Waals surface area contributed by atoms with Gasteiger partial charge in [-0.2, -0.15) is 5.26 Å². The summed E-state index contributed by atoms with van der Waals surface area (Å²) in [7, 11) is 0. The van der Waals surface area contributed by atoms with Crippen LogP contribution in [-0.2, 0) is 6.54 Å². The van der Waals surface area contributed by atoms with Crippen molar-refractivity contribution in [2.75, 3.05) is 6.54 Å². The van der Waals surface area contributed by atoms with Crippen LogP contribution in [0.15, 0.2) is 18.2 Å². The fourth-order valence-electron chi connectivity index (χ4n) is 2.75. The zero-order valence-electron chi connectivity index (χ0n) is 11.1. The molecule has 0 aromatic heterocycles. The van der Waals surface area contributed by atoms with Crippen molar-refractivity contribution in [3.8, 4) is 6.07 Å². The molecule has 2 atom stereocenters. The van der Waals surface area contributed by atoms with Gasteiger partial charge in [0.2, 0.25) is 0 Å². The molecule has 102 valence electrons. The van der Waals surface area contributed by atoms with Crippen molar-refractivity contribution in [1.29, 1.82) is 5.26 Å². The monoisotopic (exact) mass is 262 g/mol. The van der Waals surface area contributed by atoms with Crippen LogP contribution in [0.3, 0.4) is 0 Å². The molecule has 2 unspecified atom stereocenters. The average molecular weight is 262 g/mol. The zero-order chi connectivity index (χ0) is 13.8. The van der Waals surface area contributed by atoms with Gasteiger partial charge >= 0.3 is 0 Å². The van der Waals surface area contributed by atoms with Gasteiger partial charge in [0.15, 0.2) is 0 Å². The second kappa shape index (κ2) is 6.14. The largest absolute Gasteiger partial charge is 0.393 e. The summed E-state index contributed by atoms with van der Waals surface area (Å²) in [5.41, 5.74) is 1.05. The number of benzene rings is 1. The Morgan fingerprint density at radius 2 is 2.37 bits per heavy atom. The summed E-state index contributed by atoms with van der Waals surface area (Å²) in [6.45, 7) is 3.22. The predicted octanol–water partition coefficient (Wildman–Crippen LogP) is 2.43. The van der Waals surface area contributed by atoms with Gasteiger partial charge in [-0.3, -0.25) is 4.90 Å². The topological polar surface area (TPSA) is 47.3 Å². The lowest BCUT2D eigenvalue weighted by atomic mass is 10.1. The summed E-state index contributed by atoms with van der Waals surface area (Å²) in [6, 6.07) is 6.82. The van der Waals surface area contributed by atoms with Crippen molar-refractivity contribution < 1.29 is 9.50 Å². The highest BCUT2D eigenvalue weighted by Crippen LogP contribution is 2.24. The van der Waals surface area contributed by atoms with Gasteiger partial charge in [-0.25, -0.2) is 4.39 Å². The van der Waals surface area contributed by atoms with E-state index in [1.54, 1.807) is 13.0 Å². The second-order valence-corrected chi connectivity index (χ2v) is 5.27. The molecule has 1 aliphatic heterocycles. The molecule has 4 heteroatoms. The molecule has 0 spiro atoms. The quantitative estimate of drug-likeness (QED) is 0.906. The SMILES string of the molecule is CC(O)CC1CCCN1Cc1cc(C#N)ccc1F. The van der Waals surface area contributed by atoms with Crippen LogP contribution in [-0.4, -0.2) is 28.7 Å². The van der Waals surface area contributed by atoms with E-state index in [9.17, 15) is 9.50 Å². The Bertz CT molecular complexity index is 482. The van der Waals surface area contributed by atoms with Gasteiger partial charge < -0.3 is 5.11 Å². The molecule has 0 bridgehead atoms. The number of aliphatic hydroxyl groups excluding tert-OH is 1. The highest BCUT2D eigenvalue weighted by atomic mass is 19.1. The van der Waals surface area contributed by atoms with Crippen molar-refractivity contribution in [3.05, 3.63) is 35.1 Å². The summed E-state index contributed by atoms with van der Waals surface area (Å²) >= 11 is 0. The number of likely N-dealkylation sites (tertiary alicyclic amines) is 1. The summed E-state index contributed by atoms with van der Waals surface area (Å²) in [5, 5.41) is 18.4. The molecule has 0 amide bonds. The Balaban J connectivity index is 2.10. The van der Waals surface area contributed by atoms with E-state index in [-0.39, 0.29) is 11.9 Å². The Morgan fingerprint density at radius 3 is 3.05 bits per heavy atom. The lowest BCUT2D eigenvalue weighted by molar-refractivity contribution is 0.130. The van der Waals surface area contributed by atoms with Crippen molar-refractivity contribution in [1.82, 2.24) is 4.90 Å². The molecule has 3 nitrogen and oxygen atoms in total. The third-order valence-electron chi connectivity index (χ3n) is 3.66. The lowest BCUT2D eigenvalue weighted by Gasteiger charge is -2.25. The molecule has 19 heavy (non-hydrogen) atoms. The van der Waals surface area contributed by atoms with E-state index in [0.29, 0.717) is 23.7 Å². The first-order chi connectivity index (χ1) is 9.10. The summed E-state index contributed by atoms with van der Waals surface area (Å²) < 4.78 is 13.8. The number of hydrogen-bond donors (Lipinski definition) is 1. The van der Waals surface area contributed by atoms with E-state index in [2.05, 4.69) is 4.90 Å². The van der Waals surface area contributed by atoms with Crippen molar-refractivity contribution in [2.45, 2.75) is 44.9 Å². The Kier molecular flexibility index (Phi) is 4.52. The maximum Gasteiger partial charge on any atom is 0.127 e. The molecule has 1 aromatic carbocycles. The predicted molar refractivity (Wildman–Crippen MR) is 70.8 cm³/mol. The van der Waals surface area contributed by atoms with Gasteiger partial charge in [0.05, 0.1) is 17.7 Å². The van der Waals surface area contributed by atoms with E-state index < -0.39 is 0 Å². The maximum absolute atomic E-state index is 13.8. The Morgan fingerprint density at radius 1 is 1.58 bits per heavy atom. The van der Waals surface area contributed by atoms with Gasteiger partial charge in [0.1, 0.15) is 5.82 Å². The van der Waals surface area contributed by atoms with Gasteiger partial charge in [0.25, 0.3) is 0 Å². The van der Waals surface area contributed by atoms with Crippen molar-refractivity contribution in [3.63, 3.8) is 0 Å². The number of nitrogens with zero attached hydrogens (tertiary/aromatic N) is 2. The maximum atomic E-state index is 13.8. The van der Waals surface area contributed by atoms with E-state index in [1.165, 1.54) is 12.1 Å². The fraction of sp³-hybridized carbons (Fsp3) is 0.533. The number of aliphatic hydroxyl groups is 1. The molecular formula is C15H19FN2O. The molecule has 1 aliphatic rings. The fourth-order valence-corrected chi connectivity index (χ4v) is 2.75. The van der Waals surface area contributed by atoms with E-state index in [1.807, 2.05) is 6.07 Å². The minimum atomic E-state index is -0.333. The molecule has 1 saturated heterocycles. The molecule has 1 N–H and O–H groups in total. The van der Waals surface area contributed by atoms with E-state index in [4.69, 9.17) is 5.26 Å². The molecule has 1 fully saturated rings. The number of halogens is 1. The van der Waals surface area contributed by atoms with Crippen molar-refractivity contribution in [2.24, 2.45) is 0 Å². The molecule has 0 aliphatic carbocycles. The summed E-state index contributed by atoms with van der Waals surface area (Å²) in [4.78, 5) is 2.20. The number of rotatable bonds is 4. The molecule has 0 radical (unpaired) electrons. The highest BCUT2D eigenvalue weighted by molar-refractivity contribution is 5.33. The van der Waals surface area contributed by atoms with Gasteiger partial charge in [-0.05, 0) is 50.9 Å². The molecule has 2 rings (SSSR count). The first kappa shape index (κ1) is 14.0. The van der Waals surface area contributed by atoms with Crippen LogP contribution in [0.4, 0.5) is 4.39 Å². The van der Waals surface area contributed by atoms with Crippen LogP contribution in [0.25, 0.3) is 0 Å². The number of hydrogen-bond acceptors (Lipinski definition) is 3. The summed E-state index contributed by atoms with van der Waals surface area (Å²) in [5.74, 6) is -0.262. The molecule has 1 heterocycles. The lowest BCUT2D eigenvalue weighted by Crippen LogP contribution is -2.31. The number of nitriles is 1. The minimum Gasteiger partial charge on any atom is -0.393 e. The third kappa shape index (κ3) is 3.52. The highest BCUT2D eigenvalue weighted by Gasteiger charge is 2.26. The first-order valence-electron chi connectivity index (χ1n) is 6.71. The zero-order valence-corrected chi connectivity index (χ0v) is 11.1. The van der Waals surface area contributed by atoms with E-state index in [0.717, 1.165) is 25.8 Å². The smallest absolute Gasteiger partial charge is 0.127 e. The third-order valence-corrected chi connectivity index (χ3v) is 3.66. The van der Waals surface area contributed by atoms with E-state index >= 15 is 0 Å². The van der Waals surface area contributed by atoms with Crippen LogP contribution in [0.1, 0.15) is 37.3 Å². The standard InChI is InChI=1S/C15H19FN2O/c1-11(19)7-14-3-2-6-18(14)10-13-8-12(9-17)4-5-15(13)16/h4-5,8,11,14,19H,2-3,6-7,10H2,1H3. The van der Waals surface area contributed by atoms with Crippen LogP contribution in [0.5, 0.6) is 0 Å². The van der Waals surface area contributed by atoms with Crippen molar-refractivity contribution >= 4 is 0 Å². The summed E-state index contributed by atoms with van der Waals surface area (Å²) in [6.07, 6.45) is 2.52. The second-order valence-electron chi connectivity index (χ2n) is 5.27. The Labute approximate surface area is 113 Å². The molecular weight excluding hydrogens is 243 g/mol. The van der Waals surface area contributed by atoms with Crippen LogP contribution >= 0.6 is 0 Å². The first-order valence-corrected chi connectivity index (χ1v) is 6.71. The average Bonchev–Trinajstić information content (AvgIpc) is 2.78. The van der Waals surface area contributed by atoms with Crippen LogP contribution < -0.4 is 0 Å². The normalized spacial score (nSPS) is 21.3. The minimum absolute atomic E-state index is 0.262. The molecule has 0 saturated carbocycles. The van der Waals surface area contributed by atoms with Crippen LogP contribution in [0.2, 0.25) is 0 Å². The van der Waals surface area contributed by atoms with Crippen LogP contribution in [0, 0.1) is 17.1 Å².